The molecule has 2 aliphatic carbocycles. The standard InChI is InChI=1S/C20H35N5O4/c1-3-16(24-19(28)15-8-9-17(26)10-15)12-23-25-20(29)22-11-13-4-6-14(7-5-13)18(27)21-2/h12-17,26H,3-11H2,1-2H3,(H,21,27)(H,24,28)(H2,22,25,29)/b23-12+/t13-,14-,15-,16-,17-/m0/s1. The minimum Gasteiger partial charge on any atom is -0.393 e. The Bertz CT molecular complexity index is 589. The molecule has 5 N–H and O–H groups in total. The maximum absolute atomic E-state index is 12.2. The van der Waals surface area contributed by atoms with E-state index in [1.54, 1.807) is 7.05 Å². The van der Waals surface area contributed by atoms with Gasteiger partial charge < -0.3 is 21.1 Å². The lowest BCUT2D eigenvalue weighted by Gasteiger charge is -2.27. The predicted octanol–water partition coefficient (Wildman–Crippen LogP) is 0.880. The van der Waals surface area contributed by atoms with Crippen molar-refractivity contribution in [2.45, 2.75) is 70.4 Å². The molecule has 0 aromatic rings. The van der Waals surface area contributed by atoms with E-state index in [4.69, 9.17) is 0 Å². The number of aliphatic hydroxyl groups excluding tert-OH is 1. The van der Waals surface area contributed by atoms with Gasteiger partial charge >= 0.3 is 6.03 Å². The first-order valence-electron chi connectivity index (χ1n) is 10.7. The molecule has 2 fully saturated rings. The van der Waals surface area contributed by atoms with Gasteiger partial charge in [0, 0.05) is 31.6 Å². The first-order chi connectivity index (χ1) is 13.9. The van der Waals surface area contributed by atoms with Crippen molar-refractivity contribution >= 4 is 24.1 Å². The zero-order valence-electron chi connectivity index (χ0n) is 17.4. The van der Waals surface area contributed by atoms with Gasteiger partial charge in [-0.15, -0.1) is 0 Å². The molecular formula is C20H35N5O4. The van der Waals surface area contributed by atoms with Crippen LogP contribution in [0, 0.1) is 17.8 Å². The van der Waals surface area contributed by atoms with E-state index in [0.717, 1.165) is 25.7 Å². The lowest BCUT2D eigenvalue weighted by atomic mass is 9.81. The quantitative estimate of drug-likeness (QED) is 0.301. The Morgan fingerprint density at radius 2 is 1.76 bits per heavy atom. The molecule has 0 bridgehead atoms. The van der Waals surface area contributed by atoms with Gasteiger partial charge in [0.25, 0.3) is 0 Å². The summed E-state index contributed by atoms with van der Waals surface area (Å²) < 4.78 is 0. The maximum Gasteiger partial charge on any atom is 0.335 e. The summed E-state index contributed by atoms with van der Waals surface area (Å²) in [6.45, 7) is 2.48. The van der Waals surface area contributed by atoms with E-state index < -0.39 is 0 Å². The van der Waals surface area contributed by atoms with Crippen LogP contribution in [0.5, 0.6) is 0 Å². The van der Waals surface area contributed by atoms with E-state index in [-0.39, 0.29) is 41.8 Å². The topological polar surface area (TPSA) is 132 Å². The van der Waals surface area contributed by atoms with Crippen molar-refractivity contribution in [2.24, 2.45) is 22.9 Å². The van der Waals surface area contributed by atoms with Crippen molar-refractivity contribution in [3.63, 3.8) is 0 Å². The summed E-state index contributed by atoms with van der Waals surface area (Å²) >= 11 is 0. The molecule has 0 aromatic heterocycles. The molecule has 29 heavy (non-hydrogen) atoms. The number of aliphatic hydroxyl groups is 1. The van der Waals surface area contributed by atoms with Crippen LogP contribution in [0.25, 0.3) is 0 Å². The summed E-state index contributed by atoms with van der Waals surface area (Å²) in [4.78, 5) is 35.8. The second kappa shape index (κ2) is 11.7. The van der Waals surface area contributed by atoms with Crippen molar-refractivity contribution in [3.05, 3.63) is 0 Å². The highest BCUT2D eigenvalue weighted by Crippen LogP contribution is 2.28. The number of nitrogens with zero attached hydrogens (tertiary/aromatic N) is 1. The van der Waals surface area contributed by atoms with Crippen molar-refractivity contribution in [1.82, 2.24) is 21.4 Å². The number of urea groups is 1. The van der Waals surface area contributed by atoms with E-state index >= 15 is 0 Å². The van der Waals surface area contributed by atoms with Crippen molar-refractivity contribution in [1.29, 1.82) is 0 Å². The number of hydrazone groups is 1. The lowest BCUT2D eigenvalue weighted by molar-refractivity contribution is -0.126. The first kappa shape index (κ1) is 23.1. The summed E-state index contributed by atoms with van der Waals surface area (Å²) in [5.74, 6) is 0.336. The molecule has 2 rings (SSSR count). The lowest BCUT2D eigenvalue weighted by Crippen LogP contribution is -2.40. The van der Waals surface area contributed by atoms with Crippen LogP contribution in [0.1, 0.15) is 58.3 Å². The number of rotatable bonds is 8. The van der Waals surface area contributed by atoms with Gasteiger partial charge in [0.15, 0.2) is 0 Å². The van der Waals surface area contributed by atoms with Gasteiger partial charge in [-0.3, -0.25) is 9.59 Å². The SMILES string of the molecule is CC[C@@H](/C=N/NC(=O)NC[C@H]1CC[C@H](C(=O)NC)CC1)NC(=O)[C@H]1CC[C@H](O)C1. The first-order valence-corrected chi connectivity index (χ1v) is 10.7. The molecule has 3 atom stereocenters. The van der Waals surface area contributed by atoms with Crippen LogP contribution in [0.4, 0.5) is 4.79 Å². The highest BCUT2D eigenvalue weighted by atomic mass is 16.3. The Balaban J connectivity index is 1.64. The minimum absolute atomic E-state index is 0.0725. The fourth-order valence-electron chi connectivity index (χ4n) is 4.04. The van der Waals surface area contributed by atoms with Gasteiger partial charge in [0.2, 0.25) is 11.8 Å². The minimum atomic E-state index is -0.385. The molecule has 2 aliphatic rings. The number of amides is 4. The largest absolute Gasteiger partial charge is 0.393 e. The van der Waals surface area contributed by atoms with Gasteiger partial charge in [0.1, 0.15) is 0 Å². The van der Waals surface area contributed by atoms with Gasteiger partial charge in [-0.25, -0.2) is 10.2 Å². The fraction of sp³-hybridized carbons (Fsp3) is 0.800. The number of carbonyl (C=O) groups excluding carboxylic acids is 3. The molecule has 0 unspecified atom stereocenters. The van der Waals surface area contributed by atoms with Crippen LogP contribution in [-0.2, 0) is 9.59 Å². The molecule has 9 heteroatoms. The monoisotopic (exact) mass is 409 g/mol. The molecule has 0 heterocycles. The summed E-state index contributed by atoms with van der Waals surface area (Å²) in [7, 11) is 1.66. The van der Waals surface area contributed by atoms with E-state index in [0.29, 0.717) is 38.1 Å². The Labute approximate surface area is 172 Å². The predicted molar refractivity (Wildman–Crippen MR) is 110 cm³/mol. The van der Waals surface area contributed by atoms with E-state index in [1.807, 2.05) is 6.92 Å². The Kier molecular flexibility index (Phi) is 9.37. The molecule has 4 amide bonds. The van der Waals surface area contributed by atoms with Crippen LogP contribution in [0.2, 0.25) is 0 Å². The smallest absolute Gasteiger partial charge is 0.335 e. The maximum atomic E-state index is 12.2. The molecule has 9 nitrogen and oxygen atoms in total. The zero-order chi connectivity index (χ0) is 21.2. The van der Waals surface area contributed by atoms with E-state index in [2.05, 4.69) is 26.5 Å². The molecule has 2 saturated carbocycles. The molecule has 0 spiro atoms. The molecular weight excluding hydrogens is 374 g/mol. The summed E-state index contributed by atoms with van der Waals surface area (Å²) in [5.41, 5.74) is 2.44. The van der Waals surface area contributed by atoms with Crippen LogP contribution in [0.15, 0.2) is 5.10 Å². The second-order valence-electron chi connectivity index (χ2n) is 8.12. The van der Waals surface area contributed by atoms with E-state index in [1.165, 1.54) is 6.21 Å². The Morgan fingerprint density at radius 3 is 2.34 bits per heavy atom. The number of carbonyl (C=O) groups is 3. The van der Waals surface area contributed by atoms with Crippen LogP contribution in [-0.4, -0.2) is 54.9 Å². The van der Waals surface area contributed by atoms with Gasteiger partial charge in [-0.2, -0.15) is 5.10 Å². The van der Waals surface area contributed by atoms with Crippen molar-refractivity contribution in [2.75, 3.05) is 13.6 Å². The van der Waals surface area contributed by atoms with Crippen LogP contribution in [0.3, 0.4) is 0 Å². The van der Waals surface area contributed by atoms with E-state index in [9.17, 15) is 19.5 Å². The van der Waals surface area contributed by atoms with Gasteiger partial charge in [-0.1, -0.05) is 6.92 Å². The second-order valence-corrected chi connectivity index (χ2v) is 8.12. The summed E-state index contributed by atoms with van der Waals surface area (Å²) in [5, 5.41) is 21.9. The highest BCUT2D eigenvalue weighted by molar-refractivity contribution is 5.83. The molecule has 164 valence electrons. The fourth-order valence-corrected chi connectivity index (χ4v) is 4.04. The summed E-state index contributed by atoms with van der Waals surface area (Å²) in [6, 6.07) is -0.643. The Morgan fingerprint density at radius 1 is 1.07 bits per heavy atom. The molecule has 0 aromatic carbocycles. The van der Waals surface area contributed by atoms with Crippen LogP contribution < -0.4 is 21.4 Å². The van der Waals surface area contributed by atoms with Gasteiger partial charge in [0.05, 0.1) is 12.1 Å². The third-order valence-corrected chi connectivity index (χ3v) is 5.98. The zero-order valence-corrected chi connectivity index (χ0v) is 17.4. The third kappa shape index (κ3) is 7.64. The number of hydrogen-bond donors (Lipinski definition) is 5. The normalized spacial score (nSPS) is 28.0. The summed E-state index contributed by atoms with van der Waals surface area (Å²) in [6.07, 6.45) is 7.20. The number of hydrogen-bond acceptors (Lipinski definition) is 5. The highest BCUT2D eigenvalue weighted by Gasteiger charge is 2.29. The molecule has 0 saturated heterocycles. The average molecular weight is 410 g/mol. The molecule has 0 aliphatic heterocycles. The third-order valence-electron chi connectivity index (χ3n) is 5.98. The van der Waals surface area contributed by atoms with Crippen molar-refractivity contribution in [3.8, 4) is 0 Å². The number of nitrogens with one attached hydrogen (secondary N) is 4. The average Bonchev–Trinajstić information content (AvgIpc) is 3.17. The Hall–Kier alpha value is -2.16. The molecule has 0 radical (unpaired) electrons. The van der Waals surface area contributed by atoms with Gasteiger partial charge in [-0.05, 0) is 57.3 Å². The van der Waals surface area contributed by atoms with Crippen molar-refractivity contribution < 1.29 is 19.5 Å². The van der Waals surface area contributed by atoms with Crippen LogP contribution >= 0.6 is 0 Å².